The number of ether oxygens (including phenoxy) is 1. The van der Waals surface area contributed by atoms with Crippen molar-refractivity contribution < 1.29 is 4.74 Å². The van der Waals surface area contributed by atoms with Crippen molar-refractivity contribution in [2.75, 3.05) is 13.7 Å². The molecule has 0 radical (unpaired) electrons. The number of nitrogens with one attached hydrogen (secondary N) is 2. The number of benzene rings is 1. The standard InChI is InChI=1S/C16H23N5O/c1-4-22-15-8-6-5-7-14(15)11-19-16(17-2)18-9-13-10-20-21(3)12-13/h5-8,10,12H,4,9,11H2,1-3H3,(H2,17,18,19). The van der Waals surface area contributed by atoms with E-state index in [0.29, 0.717) is 19.7 Å². The van der Waals surface area contributed by atoms with E-state index in [0.717, 1.165) is 22.8 Å². The Hall–Kier alpha value is -2.50. The van der Waals surface area contributed by atoms with E-state index in [1.54, 1.807) is 11.7 Å². The molecule has 0 amide bonds. The fourth-order valence-corrected chi connectivity index (χ4v) is 2.09. The maximum Gasteiger partial charge on any atom is 0.191 e. The molecule has 1 aromatic heterocycles. The zero-order valence-electron chi connectivity index (χ0n) is 13.3. The van der Waals surface area contributed by atoms with Gasteiger partial charge in [-0.2, -0.15) is 5.10 Å². The van der Waals surface area contributed by atoms with Gasteiger partial charge in [0, 0.05) is 44.5 Å². The normalized spacial score (nSPS) is 11.3. The van der Waals surface area contributed by atoms with Gasteiger partial charge >= 0.3 is 0 Å². The monoisotopic (exact) mass is 301 g/mol. The molecule has 1 heterocycles. The lowest BCUT2D eigenvalue weighted by Gasteiger charge is -2.14. The van der Waals surface area contributed by atoms with Gasteiger partial charge in [0.15, 0.2) is 5.96 Å². The van der Waals surface area contributed by atoms with Crippen LogP contribution in [0.15, 0.2) is 41.7 Å². The van der Waals surface area contributed by atoms with Gasteiger partial charge < -0.3 is 15.4 Å². The van der Waals surface area contributed by atoms with Crippen LogP contribution in [0.2, 0.25) is 0 Å². The zero-order valence-corrected chi connectivity index (χ0v) is 13.3. The number of guanidine groups is 1. The quantitative estimate of drug-likeness (QED) is 0.629. The SMILES string of the molecule is CCOc1ccccc1CNC(=NC)NCc1cnn(C)c1. The highest BCUT2D eigenvalue weighted by atomic mass is 16.5. The summed E-state index contributed by atoms with van der Waals surface area (Å²) in [5, 5.41) is 10.7. The topological polar surface area (TPSA) is 63.5 Å². The summed E-state index contributed by atoms with van der Waals surface area (Å²) in [4.78, 5) is 4.23. The van der Waals surface area contributed by atoms with E-state index in [2.05, 4.69) is 20.7 Å². The first-order valence-corrected chi connectivity index (χ1v) is 7.35. The van der Waals surface area contributed by atoms with Crippen molar-refractivity contribution in [2.24, 2.45) is 12.0 Å². The number of hydrogen-bond acceptors (Lipinski definition) is 3. The molecular weight excluding hydrogens is 278 g/mol. The number of aromatic nitrogens is 2. The minimum absolute atomic E-state index is 0.656. The first-order chi connectivity index (χ1) is 10.7. The van der Waals surface area contributed by atoms with Gasteiger partial charge in [-0.15, -0.1) is 0 Å². The van der Waals surface area contributed by atoms with Gasteiger partial charge in [0.1, 0.15) is 5.75 Å². The van der Waals surface area contributed by atoms with E-state index in [1.807, 2.05) is 50.6 Å². The van der Waals surface area contributed by atoms with E-state index in [4.69, 9.17) is 4.74 Å². The fraction of sp³-hybridized carbons (Fsp3) is 0.375. The second-order valence-corrected chi connectivity index (χ2v) is 4.84. The van der Waals surface area contributed by atoms with Crippen LogP contribution in [0.3, 0.4) is 0 Å². The van der Waals surface area contributed by atoms with Crippen LogP contribution < -0.4 is 15.4 Å². The zero-order chi connectivity index (χ0) is 15.8. The molecule has 0 fully saturated rings. The maximum atomic E-state index is 5.62. The molecule has 22 heavy (non-hydrogen) atoms. The molecule has 2 rings (SSSR count). The third-order valence-corrected chi connectivity index (χ3v) is 3.16. The van der Waals surface area contributed by atoms with Gasteiger partial charge in [0.05, 0.1) is 12.8 Å². The number of aliphatic imine (C=N–C) groups is 1. The van der Waals surface area contributed by atoms with E-state index < -0.39 is 0 Å². The van der Waals surface area contributed by atoms with Crippen LogP contribution in [0.25, 0.3) is 0 Å². The predicted molar refractivity (Wildman–Crippen MR) is 87.9 cm³/mol. The molecule has 0 bridgehead atoms. The third kappa shape index (κ3) is 4.51. The highest BCUT2D eigenvalue weighted by Crippen LogP contribution is 2.17. The Bertz CT molecular complexity index is 621. The molecule has 0 aliphatic heterocycles. The van der Waals surface area contributed by atoms with E-state index >= 15 is 0 Å². The number of nitrogens with zero attached hydrogens (tertiary/aromatic N) is 3. The summed E-state index contributed by atoms with van der Waals surface area (Å²) in [6.45, 7) is 3.98. The first-order valence-electron chi connectivity index (χ1n) is 7.35. The highest BCUT2D eigenvalue weighted by Gasteiger charge is 2.04. The van der Waals surface area contributed by atoms with Gasteiger partial charge in [-0.3, -0.25) is 9.67 Å². The van der Waals surface area contributed by atoms with Gasteiger partial charge in [0.25, 0.3) is 0 Å². The van der Waals surface area contributed by atoms with E-state index in [-0.39, 0.29) is 0 Å². The molecule has 0 aliphatic rings. The molecule has 118 valence electrons. The minimum atomic E-state index is 0.656. The van der Waals surface area contributed by atoms with Crippen LogP contribution in [0.5, 0.6) is 5.75 Å². The molecule has 0 saturated heterocycles. The molecule has 2 aromatic rings. The molecule has 1 aromatic carbocycles. The molecule has 2 N–H and O–H groups in total. The smallest absolute Gasteiger partial charge is 0.191 e. The summed E-state index contributed by atoms with van der Waals surface area (Å²) in [7, 11) is 3.66. The molecule has 0 saturated carbocycles. The van der Waals surface area contributed by atoms with E-state index in [1.165, 1.54) is 0 Å². The number of rotatable bonds is 6. The molecule has 6 heteroatoms. The minimum Gasteiger partial charge on any atom is -0.494 e. The summed E-state index contributed by atoms with van der Waals surface area (Å²) in [6, 6.07) is 8.01. The maximum absolute atomic E-state index is 5.62. The van der Waals surface area contributed by atoms with Gasteiger partial charge in [-0.1, -0.05) is 18.2 Å². The summed E-state index contributed by atoms with van der Waals surface area (Å²) < 4.78 is 7.41. The number of para-hydroxylation sites is 1. The van der Waals surface area contributed by atoms with Gasteiger partial charge in [-0.05, 0) is 13.0 Å². The van der Waals surface area contributed by atoms with Crippen molar-refractivity contribution >= 4 is 5.96 Å². The highest BCUT2D eigenvalue weighted by molar-refractivity contribution is 5.79. The van der Waals surface area contributed by atoms with Crippen LogP contribution in [-0.4, -0.2) is 29.4 Å². The Kier molecular flexibility index (Phi) is 5.82. The summed E-state index contributed by atoms with van der Waals surface area (Å²) in [5.74, 6) is 1.65. The summed E-state index contributed by atoms with van der Waals surface area (Å²) in [5.41, 5.74) is 2.22. The lowest BCUT2D eigenvalue weighted by atomic mass is 10.2. The molecule has 0 spiro atoms. The Morgan fingerprint density at radius 3 is 2.73 bits per heavy atom. The van der Waals surface area contributed by atoms with Gasteiger partial charge in [0.2, 0.25) is 0 Å². The van der Waals surface area contributed by atoms with Crippen molar-refractivity contribution in [3.8, 4) is 5.75 Å². The van der Waals surface area contributed by atoms with Crippen molar-refractivity contribution in [1.82, 2.24) is 20.4 Å². The second-order valence-electron chi connectivity index (χ2n) is 4.84. The molecule has 0 unspecified atom stereocenters. The summed E-state index contributed by atoms with van der Waals surface area (Å²) >= 11 is 0. The van der Waals surface area contributed by atoms with Crippen LogP contribution in [0.1, 0.15) is 18.1 Å². The van der Waals surface area contributed by atoms with Crippen LogP contribution in [-0.2, 0) is 20.1 Å². The van der Waals surface area contributed by atoms with Crippen molar-refractivity contribution in [3.05, 3.63) is 47.8 Å². The summed E-state index contributed by atoms with van der Waals surface area (Å²) in [6.07, 6.45) is 3.81. The molecular formula is C16H23N5O. The second kappa shape index (κ2) is 8.07. The van der Waals surface area contributed by atoms with Gasteiger partial charge in [-0.25, -0.2) is 0 Å². The average Bonchev–Trinajstić information content (AvgIpc) is 2.95. The largest absolute Gasteiger partial charge is 0.494 e. The molecule has 6 nitrogen and oxygen atoms in total. The fourth-order valence-electron chi connectivity index (χ4n) is 2.09. The number of aryl methyl sites for hydroxylation is 1. The average molecular weight is 301 g/mol. The van der Waals surface area contributed by atoms with Crippen LogP contribution >= 0.6 is 0 Å². The molecule has 0 aliphatic carbocycles. The first kappa shape index (κ1) is 15.9. The molecule has 0 atom stereocenters. The number of hydrogen-bond donors (Lipinski definition) is 2. The van der Waals surface area contributed by atoms with Crippen molar-refractivity contribution in [2.45, 2.75) is 20.0 Å². The Morgan fingerprint density at radius 2 is 2.05 bits per heavy atom. The Morgan fingerprint density at radius 1 is 1.27 bits per heavy atom. The Balaban J connectivity index is 1.88. The van der Waals surface area contributed by atoms with Crippen molar-refractivity contribution in [3.63, 3.8) is 0 Å². The van der Waals surface area contributed by atoms with Crippen LogP contribution in [0.4, 0.5) is 0 Å². The lowest BCUT2D eigenvalue weighted by Crippen LogP contribution is -2.36. The Labute approximate surface area is 131 Å². The van der Waals surface area contributed by atoms with Crippen LogP contribution in [0, 0.1) is 0 Å². The van der Waals surface area contributed by atoms with Crippen molar-refractivity contribution in [1.29, 1.82) is 0 Å². The van der Waals surface area contributed by atoms with E-state index in [9.17, 15) is 0 Å². The third-order valence-electron chi connectivity index (χ3n) is 3.16. The predicted octanol–water partition coefficient (Wildman–Crippen LogP) is 1.68. The lowest BCUT2D eigenvalue weighted by molar-refractivity contribution is 0.336.